The summed E-state index contributed by atoms with van der Waals surface area (Å²) in [4.78, 5) is 3.99. The molecule has 16 heavy (non-hydrogen) atoms. The van der Waals surface area contributed by atoms with Crippen LogP contribution in [-0.4, -0.2) is 22.2 Å². The highest BCUT2D eigenvalue weighted by Crippen LogP contribution is 2.37. The lowest BCUT2D eigenvalue weighted by atomic mass is 9.85. The maximum absolute atomic E-state index is 10.4. The summed E-state index contributed by atoms with van der Waals surface area (Å²) in [6.07, 6.45) is 7.99. The Labute approximate surface area is 95.9 Å². The Morgan fingerprint density at radius 1 is 1.19 bits per heavy atom. The second-order valence-electron chi connectivity index (χ2n) is 5.09. The summed E-state index contributed by atoms with van der Waals surface area (Å²) >= 11 is 0. The van der Waals surface area contributed by atoms with Gasteiger partial charge in [-0.2, -0.15) is 0 Å². The Hall–Kier alpha value is -0.930. The molecule has 3 heterocycles. The number of nitrogens with zero attached hydrogens (tertiary/aromatic N) is 1. The highest BCUT2D eigenvalue weighted by Gasteiger charge is 2.36. The van der Waals surface area contributed by atoms with Gasteiger partial charge in [0.05, 0.1) is 6.10 Å². The van der Waals surface area contributed by atoms with E-state index in [9.17, 15) is 5.11 Å². The highest BCUT2D eigenvalue weighted by atomic mass is 16.3. The number of aliphatic hydroxyl groups is 1. The number of hydrogen-bond donors (Lipinski definition) is 2. The minimum Gasteiger partial charge on any atom is -0.388 e. The Morgan fingerprint density at radius 3 is 2.44 bits per heavy atom. The average molecular weight is 218 g/mol. The van der Waals surface area contributed by atoms with E-state index in [-0.39, 0.29) is 6.10 Å². The van der Waals surface area contributed by atoms with Crippen molar-refractivity contribution in [3.63, 3.8) is 0 Å². The van der Waals surface area contributed by atoms with E-state index in [4.69, 9.17) is 0 Å². The predicted molar refractivity (Wildman–Crippen MR) is 61.9 cm³/mol. The SMILES string of the molecule is OC(c1ccncc1)C1CC2CCC(C1)N2. The van der Waals surface area contributed by atoms with Crippen LogP contribution in [0.5, 0.6) is 0 Å². The molecular weight excluding hydrogens is 200 g/mol. The van der Waals surface area contributed by atoms with E-state index >= 15 is 0 Å². The first-order valence-corrected chi connectivity index (χ1v) is 6.17. The van der Waals surface area contributed by atoms with Crippen molar-refractivity contribution in [2.24, 2.45) is 5.92 Å². The molecule has 1 aromatic heterocycles. The quantitative estimate of drug-likeness (QED) is 0.793. The van der Waals surface area contributed by atoms with Gasteiger partial charge >= 0.3 is 0 Å². The van der Waals surface area contributed by atoms with Crippen LogP contribution in [0.3, 0.4) is 0 Å². The van der Waals surface area contributed by atoms with Crippen molar-refractivity contribution in [3.8, 4) is 0 Å². The Bertz CT molecular complexity index is 342. The minimum absolute atomic E-state index is 0.312. The summed E-state index contributed by atoms with van der Waals surface area (Å²) in [5.74, 6) is 0.418. The molecule has 2 aliphatic heterocycles. The molecule has 1 aromatic rings. The van der Waals surface area contributed by atoms with E-state index in [1.807, 2.05) is 12.1 Å². The molecule has 3 unspecified atom stereocenters. The van der Waals surface area contributed by atoms with Crippen molar-refractivity contribution in [2.75, 3.05) is 0 Å². The van der Waals surface area contributed by atoms with Crippen LogP contribution < -0.4 is 5.32 Å². The molecule has 0 aliphatic carbocycles. The van der Waals surface area contributed by atoms with Gasteiger partial charge < -0.3 is 10.4 Å². The van der Waals surface area contributed by atoms with Crippen molar-refractivity contribution in [2.45, 2.75) is 43.9 Å². The van der Waals surface area contributed by atoms with Crippen LogP contribution in [0.25, 0.3) is 0 Å². The number of pyridine rings is 1. The number of rotatable bonds is 2. The average Bonchev–Trinajstić information content (AvgIpc) is 2.68. The van der Waals surface area contributed by atoms with Crippen molar-refractivity contribution >= 4 is 0 Å². The van der Waals surface area contributed by atoms with Crippen LogP contribution in [0.4, 0.5) is 0 Å². The molecule has 3 atom stereocenters. The lowest BCUT2D eigenvalue weighted by Gasteiger charge is -2.32. The molecule has 2 N–H and O–H groups in total. The standard InChI is InChI=1S/C13H18N2O/c16-13(9-3-5-14-6-4-9)10-7-11-1-2-12(8-10)15-11/h3-6,10-13,15-16H,1-2,7-8H2. The van der Waals surface area contributed by atoms with Gasteiger partial charge in [0.25, 0.3) is 0 Å². The fraction of sp³-hybridized carbons (Fsp3) is 0.615. The molecule has 0 amide bonds. The van der Waals surface area contributed by atoms with Crippen molar-refractivity contribution in [3.05, 3.63) is 30.1 Å². The van der Waals surface area contributed by atoms with E-state index in [1.165, 1.54) is 12.8 Å². The fourth-order valence-electron chi connectivity index (χ4n) is 3.19. The first-order valence-electron chi connectivity index (χ1n) is 6.17. The first kappa shape index (κ1) is 10.2. The number of fused-ring (bicyclic) bond motifs is 2. The molecule has 2 fully saturated rings. The molecule has 2 aliphatic rings. The van der Waals surface area contributed by atoms with E-state index in [0.29, 0.717) is 18.0 Å². The zero-order chi connectivity index (χ0) is 11.0. The number of hydrogen-bond acceptors (Lipinski definition) is 3. The minimum atomic E-state index is -0.312. The lowest BCUT2D eigenvalue weighted by Crippen LogP contribution is -2.39. The van der Waals surface area contributed by atoms with Crippen LogP contribution in [0, 0.1) is 5.92 Å². The normalized spacial score (nSPS) is 34.9. The Balaban J connectivity index is 1.73. The smallest absolute Gasteiger partial charge is 0.0820 e. The van der Waals surface area contributed by atoms with Gasteiger partial charge in [0.1, 0.15) is 0 Å². The number of aromatic nitrogens is 1. The summed E-state index contributed by atoms with van der Waals surface area (Å²) in [7, 11) is 0. The highest BCUT2D eigenvalue weighted by molar-refractivity contribution is 5.15. The van der Waals surface area contributed by atoms with E-state index in [1.54, 1.807) is 12.4 Å². The Morgan fingerprint density at radius 2 is 1.81 bits per heavy atom. The van der Waals surface area contributed by atoms with Crippen LogP contribution in [0.15, 0.2) is 24.5 Å². The maximum Gasteiger partial charge on any atom is 0.0820 e. The van der Waals surface area contributed by atoms with Gasteiger partial charge in [0.15, 0.2) is 0 Å². The molecule has 2 saturated heterocycles. The first-order chi connectivity index (χ1) is 7.83. The van der Waals surface area contributed by atoms with E-state index in [2.05, 4.69) is 10.3 Å². The van der Waals surface area contributed by atoms with Crippen LogP contribution in [0.2, 0.25) is 0 Å². The third kappa shape index (κ3) is 1.85. The summed E-state index contributed by atoms with van der Waals surface area (Å²) in [6.45, 7) is 0. The second kappa shape index (κ2) is 4.15. The van der Waals surface area contributed by atoms with Gasteiger partial charge in [-0.25, -0.2) is 0 Å². The molecular formula is C13H18N2O. The molecule has 3 heteroatoms. The van der Waals surface area contributed by atoms with Gasteiger partial charge in [-0.1, -0.05) is 0 Å². The third-order valence-electron chi connectivity index (χ3n) is 4.00. The van der Waals surface area contributed by atoms with Gasteiger partial charge in [-0.3, -0.25) is 4.98 Å². The lowest BCUT2D eigenvalue weighted by molar-refractivity contribution is 0.0760. The molecule has 2 bridgehead atoms. The van der Waals surface area contributed by atoms with Crippen LogP contribution in [-0.2, 0) is 0 Å². The number of aliphatic hydroxyl groups excluding tert-OH is 1. The predicted octanol–water partition coefficient (Wildman–Crippen LogP) is 1.65. The van der Waals surface area contributed by atoms with Crippen molar-refractivity contribution < 1.29 is 5.11 Å². The molecule has 0 aromatic carbocycles. The maximum atomic E-state index is 10.4. The molecule has 86 valence electrons. The van der Waals surface area contributed by atoms with Gasteiger partial charge in [-0.05, 0) is 49.3 Å². The molecule has 0 saturated carbocycles. The zero-order valence-electron chi connectivity index (χ0n) is 9.34. The number of nitrogens with one attached hydrogen (secondary N) is 1. The van der Waals surface area contributed by atoms with Gasteiger partial charge in [0, 0.05) is 24.5 Å². The summed E-state index contributed by atoms with van der Waals surface area (Å²) in [5.41, 5.74) is 1.02. The van der Waals surface area contributed by atoms with Crippen molar-refractivity contribution in [1.82, 2.24) is 10.3 Å². The zero-order valence-corrected chi connectivity index (χ0v) is 9.34. The molecule has 3 nitrogen and oxygen atoms in total. The Kier molecular flexibility index (Phi) is 2.65. The topological polar surface area (TPSA) is 45.2 Å². The second-order valence-corrected chi connectivity index (χ2v) is 5.09. The molecule has 0 spiro atoms. The molecule has 3 rings (SSSR count). The van der Waals surface area contributed by atoms with Crippen LogP contribution in [0.1, 0.15) is 37.4 Å². The van der Waals surface area contributed by atoms with Gasteiger partial charge in [-0.15, -0.1) is 0 Å². The van der Waals surface area contributed by atoms with Gasteiger partial charge in [0.2, 0.25) is 0 Å². The summed E-state index contributed by atoms with van der Waals surface area (Å²) in [6, 6.07) is 5.13. The van der Waals surface area contributed by atoms with Crippen molar-refractivity contribution in [1.29, 1.82) is 0 Å². The largest absolute Gasteiger partial charge is 0.388 e. The third-order valence-corrected chi connectivity index (χ3v) is 4.00. The summed E-state index contributed by atoms with van der Waals surface area (Å²) < 4.78 is 0. The monoisotopic (exact) mass is 218 g/mol. The number of piperidine rings is 1. The molecule has 0 radical (unpaired) electrons. The fourth-order valence-corrected chi connectivity index (χ4v) is 3.19. The van der Waals surface area contributed by atoms with E-state index in [0.717, 1.165) is 18.4 Å². The van der Waals surface area contributed by atoms with E-state index < -0.39 is 0 Å². The summed E-state index contributed by atoms with van der Waals surface area (Å²) in [5, 5.41) is 14.0. The van der Waals surface area contributed by atoms with Crippen LogP contribution >= 0.6 is 0 Å².